The number of ether oxygens (including phenoxy) is 2. The minimum atomic E-state index is -0.549. The fourth-order valence-electron chi connectivity index (χ4n) is 2.15. The summed E-state index contributed by atoms with van der Waals surface area (Å²) in [5, 5.41) is 0. The average Bonchev–Trinajstić information content (AvgIpc) is 2.46. The molecule has 4 nitrogen and oxygen atoms in total. The van der Waals surface area contributed by atoms with Gasteiger partial charge in [-0.05, 0) is 24.1 Å². The summed E-state index contributed by atoms with van der Waals surface area (Å²) in [7, 11) is 1.62. The highest BCUT2D eigenvalue weighted by Gasteiger charge is 2.28. The minimum Gasteiger partial charge on any atom is -0.497 e. The van der Waals surface area contributed by atoms with Gasteiger partial charge in [-0.2, -0.15) is 0 Å². The molecule has 1 aliphatic rings. The maximum Gasteiger partial charge on any atom is 0.147 e. The Hall–Kier alpha value is -1.68. The van der Waals surface area contributed by atoms with E-state index in [1.807, 2.05) is 24.3 Å². The van der Waals surface area contributed by atoms with E-state index in [1.165, 1.54) is 0 Å². The van der Waals surface area contributed by atoms with Gasteiger partial charge in [0.25, 0.3) is 0 Å². The van der Waals surface area contributed by atoms with Crippen LogP contribution in [-0.4, -0.2) is 31.9 Å². The van der Waals surface area contributed by atoms with Crippen molar-refractivity contribution in [3.63, 3.8) is 0 Å². The Morgan fingerprint density at radius 1 is 1.37 bits per heavy atom. The lowest BCUT2D eigenvalue weighted by Crippen LogP contribution is -2.34. The Kier molecular flexibility index (Phi) is 4.68. The molecule has 1 fully saturated rings. The summed E-state index contributed by atoms with van der Waals surface area (Å²) in [4.78, 5) is 23.6. The Balaban J connectivity index is 1.86. The second kappa shape index (κ2) is 6.48. The molecule has 4 heteroatoms. The number of rotatable bonds is 5. The predicted molar refractivity (Wildman–Crippen MR) is 70.3 cm³/mol. The lowest BCUT2D eigenvalue weighted by molar-refractivity contribution is -0.139. The first-order chi connectivity index (χ1) is 9.20. The van der Waals surface area contributed by atoms with Crippen LogP contribution in [-0.2, 0) is 20.7 Å². The van der Waals surface area contributed by atoms with Gasteiger partial charge in [-0.3, -0.25) is 9.59 Å². The summed E-state index contributed by atoms with van der Waals surface area (Å²) in [6.45, 7) is 0.696. The molecule has 0 aliphatic carbocycles. The van der Waals surface area contributed by atoms with Crippen LogP contribution in [0.25, 0.3) is 0 Å². The number of carbonyl (C=O) groups excluding carboxylic acids is 2. The number of Topliss-reactive ketones (excluding diaryl/α,β-unsaturated/α-hetero) is 2. The van der Waals surface area contributed by atoms with Crippen LogP contribution in [0.5, 0.6) is 5.75 Å². The van der Waals surface area contributed by atoms with Crippen LogP contribution >= 0.6 is 0 Å². The normalized spacial score (nSPS) is 19.2. The number of aryl methyl sites for hydroxylation is 1. The molecule has 0 bridgehead atoms. The molecule has 0 amide bonds. The molecule has 1 heterocycles. The average molecular weight is 262 g/mol. The molecule has 0 N–H and O–H groups in total. The number of hydrogen-bond donors (Lipinski definition) is 0. The standard InChI is InChI=1S/C15H18O4/c1-18-12-5-2-11(3-6-12)4-7-14(16)13-10-19-9-8-15(13)17/h2-3,5-6,13H,4,7-10H2,1H3. The quantitative estimate of drug-likeness (QED) is 0.759. The van der Waals surface area contributed by atoms with Crippen LogP contribution in [0.1, 0.15) is 18.4 Å². The van der Waals surface area contributed by atoms with E-state index < -0.39 is 5.92 Å². The van der Waals surface area contributed by atoms with E-state index in [9.17, 15) is 9.59 Å². The summed E-state index contributed by atoms with van der Waals surface area (Å²) in [6.07, 6.45) is 1.39. The van der Waals surface area contributed by atoms with Crippen molar-refractivity contribution in [1.82, 2.24) is 0 Å². The van der Waals surface area contributed by atoms with Crippen molar-refractivity contribution in [2.45, 2.75) is 19.3 Å². The summed E-state index contributed by atoms with van der Waals surface area (Å²) in [6, 6.07) is 7.61. The van der Waals surface area contributed by atoms with E-state index in [1.54, 1.807) is 7.11 Å². The molecule has 1 aliphatic heterocycles. The van der Waals surface area contributed by atoms with E-state index in [-0.39, 0.29) is 18.2 Å². The van der Waals surface area contributed by atoms with Gasteiger partial charge < -0.3 is 9.47 Å². The molecule has 1 aromatic carbocycles. The van der Waals surface area contributed by atoms with Crippen molar-refractivity contribution in [2.24, 2.45) is 5.92 Å². The van der Waals surface area contributed by atoms with Crippen molar-refractivity contribution in [3.05, 3.63) is 29.8 Å². The summed E-state index contributed by atoms with van der Waals surface area (Å²) < 4.78 is 10.3. The van der Waals surface area contributed by atoms with Crippen molar-refractivity contribution >= 4 is 11.6 Å². The Morgan fingerprint density at radius 2 is 2.11 bits per heavy atom. The van der Waals surface area contributed by atoms with Crippen LogP contribution in [0, 0.1) is 5.92 Å². The molecular weight excluding hydrogens is 244 g/mol. The van der Waals surface area contributed by atoms with E-state index in [4.69, 9.17) is 9.47 Å². The molecular formula is C15H18O4. The number of ketones is 2. The molecule has 19 heavy (non-hydrogen) atoms. The highest BCUT2D eigenvalue weighted by molar-refractivity contribution is 6.02. The zero-order valence-corrected chi connectivity index (χ0v) is 11.1. The molecule has 1 atom stereocenters. The number of carbonyl (C=O) groups is 2. The topological polar surface area (TPSA) is 52.6 Å². The monoisotopic (exact) mass is 262 g/mol. The fraction of sp³-hybridized carbons (Fsp3) is 0.467. The van der Waals surface area contributed by atoms with Gasteiger partial charge in [0.05, 0.1) is 26.2 Å². The van der Waals surface area contributed by atoms with E-state index >= 15 is 0 Å². The third-order valence-corrected chi connectivity index (χ3v) is 3.37. The second-order valence-electron chi connectivity index (χ2n) is 4.66. The molecule has 2 rings (SSSR count). The van der Waals surface area contributed by atoms with Gasteiger partial charge in [0.1, 0.15) is 17.3 Å². The van der Waals surface area contributed by atoms with Gasteiger partial charge >= 0.3 is 0 Å². The van der Waals surface area contributed by atoms with Crippen molar-refractivity contribution in [3.8, 4) is 5.75 Å². The van der Waals surface area contributed by atoms with E-state index in [0.29, 0.717) is 25.9 Å². The van der Waals surface area contributed by atoms with Gasteiger partial charge in [0, 0.05) is 12.8 Å². The summed E-state index contributed by atoms with van der Waals surface area (Å²) in [5.41, 5.74) is 1.07. The Labute approximate surface area is 112 Å². The number of hydrogen-bond acceptors (Lipinski definition) is 4. The fourth-order valence-corrected chi connectivity index (χ4v) is 2.15. The highest BCUT2D eigenvalue weighted by atomic mass is 16.5. The maximum atomic E-state index is 12.0. The first-order valence-electron chi connectivity index (χ1n) is 6.47. The van der Waals surface area contributed by atoms with Gasteiger partial charge in [0.2, 0.25) is 0 Å². The molecule has 0 radical (unpaired) electrons. The number of benzene rings is 1. The van der Waals surface area contributed by atoms with Gasteiger partial charge in [0.15, 0.2) is 0 Å². The highest BCUT2D eigenvalue weighted by Crippen LogP contribution is 2.16. The lowest BCUT2D eigenvalue weighted by atomic mass is 9.92. The van der Waals surface area contributed by atoms with Crippen molar-refractivity contribution in [1.29, 1.82) is 0 Å². The lowest BCUT2D eigenvalue weighted by Gasteiger charge is -2.19. The first-order valence-corrected chi connectivity index (χ1v) is 6.47. The first kappa shape index (κ1) is 13.7. The third kappa shape index (κ3) is 3.64. The molecule has 1 saturated heterocycles. The van der Waals surface area contributed by atoms with Gasteiger partial charge in [-0.1, -0.05) is 12.1 Å². The third-order valence-electron chi connectivity index (χ3n) is 3.37. The van der Waals surface area contributed by atoms with Gasteiger partial charge in [-0.25, -0.2) is 0 Å². The van der Waals surface area contributed by atoms with Crippen LogP contribution in [0.2, 0.25) is 0 Å². The van der Waals surface area contributed by atoms with Crippen molar-refractivity contribution in [2.75, 3.05) is 20.3 Å². The zero-order valence-electron chi connectivity index (χ0n) is 11.1. The van der Waals surface area contributed by atoms with Crippen molar-refractivity contribution < 1.29 is 19.1 Å². The molecule has 0 spiro atoms. The van der Waals surface area contributed by atoms with E-state index in [2.05, 4.69) is 0 Å². The SMILES string of the molecule is COc1ccc(CCC(=O)C2COCCC2=O)cc1. The summed E-state index contributed by atoms with van der Waals surface area (Å²) >= 11 is 0. The molecule has 1 unspecified atom stereocenters. The summed E-state index contributed by atoms with van der Waals surface area (Å²) in [5.74, 6) is 0.254. The van der Waals surface area contributed by atoms with Crippen LogP contribution < -0.4 is 4.74 Å². The Bertz CT molecular complexity index is 450. The van der Waals surface area contributed by atoms with E-state index in [0.717, 1.165) is 11.3 Å². The number of methoxy groups -OCH3 is 1. The molecule has 0 aromatic heterocycles. The Morgan fingerprint density at radius 3 is 2.74 bits per heavy atom. The molecule has 1 aromatic rings. The minimum absolute atomic E-state index is 0.0134. The van der Waals surface area contributed by atoms with Crippen LogP contribution in [0.15, 0.2) is 24.3 Å². The smallest absolute Gasteiger partial charge is 0.147 e. The van der Waals surface area contributed by atoms with Gasteiger partial charge in [-0.15, -0.1) is 0 Å². The molecule has 102 valence electrons. The van der Waals surface area contributed by atoms with Crippen LogP contribution in [0.3, 0.4) is 0 Å². The zero-order chi connectivity index (χ0) is 13.7. The second-order valence-corrected chi connectivity index (χ2v) is 4.66. The largest absolute Gasteiger partial charge is 0.497 e. The predicted octanol–water partition coefficient (Wildman–Crippen LogP) is 1.80. The van der Waals surface area contributed by atoms with Crippen LogP contribution in [0.4, 0.5) is 0 Å². The molecule has 0 saturated carbocycles. The maximum absolute atomic E-state index is 12.0.